The molecule has 3 rings (SSSR count). The maximum absolute atomic E-state index is 12.8. The molecule has 1 aliphatic rings. The third kappa shape index (κ3) is 4.36. The topological polar surface area (TPSA) is 33.2 Å². The van der Waals surface area contributed by atoms with Crippen LogP contribution in [0.5, 0.6) is 0 Å². The van der Waals surface area contributed by atoms with Crippen molar-refractivity contribution in [3.05, 3.63) is 58.4 Å². The van der Waals surface area contributed by atoms with E-state index in [0.29, 0.717) is 17.5 Å². The first-order valence-electron chi connectivity index (χ1n) is 8.71. The van der Waals surface area contributed by atoms with Gasteiger partial charge in [0.2, 0.25) is 0 Å². The number of amides is 1. The predicted octanol–water partition coefficient (Wildman–Crippen LogP) is 5.35. The van der Waals surface area contributed by atoms with Crippen LogP contribution in [-0.2, 0) is 5.75 Å². The van der Waals surface area contributed by atoms with E-state index in [1.54, 1.807) is 11.8 Å². The molecule has 0 spiro atoms. The van der Waals surface area contributed by atoms with Crippen molar-refractivity contribution in [2.75, 3.05) is 6.54 Å². The average Bonchev–Trinajstić information content (AvgIpc) is 2.63. The quantitative estimate of drug-likeness (QED) is 0.676. The molecule has 1 aromatic carbocycles. The zero-order valence-electron chi connectivity index (χ0n) is 14.7. The summed E-state index contributed by atoms with van der Waals surface area (Å²) in [4.78, 5) is 20.4. The standard InChI is InChI=1S/C20H23ClN2OS/c1-14-7-5-11-18(19(14)21)25-13-16-9-6-10-17(22-16)20(24)23-12-4-3-8-15(23)2/h5-7,9-11,15H,3-4,8,12-13H2,1-2H3. The van der Waals surface area contributed by atoms with Gasteiger partial charge in [0.1, 0.15) is 5.69 Å². The van der Waals surface area contributed by atoms with E-state index in [-0.39, 0.29) is 5.91 Å². The second-order valence-corrected chi connectivity index (χ2v) is 7.93. The Morgan fingerprint density at radius 3 is 2.88 bits per heavy atom. The number of carbonyl (C=O) groups excluding carboxylic acids is 1. The molecule has 5 heteroatoms. The number of pyridine rings is 1. The largest absolute Gasteiger partial charge is 0.335 e. The Labute approximate surface area is 158 Å². The second-order valence-electron chi connectivity index (χ2n) is 6.53. The van der Waals surface area contributed by atoms with Crippen molar-refractivity contribution in [3.63, 3.8) is 0 Å². The lowest BCUT2D eigenvalue weighted by atomic mass is 10.0. The monoisotopic (exact) mass is 374 g/mol. The lowest BCUT2D eigenvalue weighted by molar-refractivity contribution is 0.0629. The van der Waals surface area contributed by atoms with E-state index in [1.165, 1.54) is 6.42 Å². The van der Waals surface area contributed by atoms with Crippen molar-refractivity contribution in [1.82, 2.24) is 9.88 Å². The number of halogens is 1. The number of aromatic nitrogens is 1. The molecule has 0 bridgehead atoms. The van der Waals surface area contributed by atoms with Gasteiger partial charge in [-0.1, -0.05) is 29.8 Å². The minimum atomic E-state index is 0.0487. The van der Waals surface area contributed by atoms with E-state index in [1.807, 2.05) is 48.2 Å². The molecule has 2 heterocycles. The number of nitrogens with zero attached hydrogens (tertiary/aromatic N) is 2. The molecule has 2 aromatic rings. The third-order valence-corrected chi connectivity index (χ3v) is 6.33. The first-order valence-corrected chi connectivity index (χ1v) is 10.1. The number of rotatable bonds is 4. The molecule has 25 heavy (non-hydrogen) atoms. The van der Waals surface area contributed by atoms with Crippen molar-refractivity contribution in [2.45, 2.75) is 49.8 Å². The second kappa shape index (κ2) is 8.24. The van der Waals surface area contributed by atoms with E-state index in [0.717, 1.165) is 40.6 Å². The van der Waals surface area contributed by atoms with Gasteiger partial charge in [-0.3, -0.25) is 4.79 Å². The van der Waals surface area contributed by atoms with Crippen LogP contribution in [0.4, 0.5) is 0 Å². The van der Waals surface area contributed by atoms with Gasteiger partial charge in [-0.2, -0.15) is 0 Å². The number of hydrogen-bond donors (Lipinski definition) is 0. The van der Waals surface area contributed by atoms with Crippen LogP contribution >= 0.6 is 23.4 Å². The molecule has 0 N–H and O–H groups in total. The number of thioether (sulfide) groups is 1. The number of carbonyl (C=O) groups is 1. The summed E-state index contributed by atoms with van der Waals surface area (Å²) >= 11 is 8.01. The molecule has 1 saturated heterocycles. The first kappa shape index (κ1) is 18.3. The highest BCUT2D eigenvalue weighted by Crippen LogP contribution is 2.31. The maximum atomic E-state index is 12.8. The van der Waals surface area contributed by atoms with Crippen LogP contribution in [0.1, 0.15) is 47.9 Å². The van der Waals surface area contributed by atoms with E-state index in [2.05, 4.69) is 11.9 Å². The molecule has 1 aliphatic heterocycles. The molecule has 1 amide bonds. The molecule has 0 aliphatic carbocycles. The SMILES string of the molecule is Cc1cccc(SCc2cccc(C(=O)N3CCCCC3C)n2)c1Cl. The lowest BCUT2D eigenvalue weighted by Crippen LogP contribution is -2.42. The molecule has 1 unspecified atom stereocenters. The van der Waals surface area contributed by atoms with Gasteiger partial charge in [-0.05, 0) is 56.9 Å². The number of likely N-dealkylation sites (tertiary alicyclic amines) is 1. The van der Waals surface area contributed by atoms with Crippen LogP contribution in [0.25, 0.3) is 0 Å². The molecule has 1 atom stereocenters. The Morgan fingerprint density at radius 1 is 1.28 bits per heavy atom. The van der Waals surface area contributed by atoms with E-state index in [4.69, 9.17) is 11.6 Å². The Balaban J connectivity index is 1.71. The molecule has 132 valence electrons. The number of piperidine rings is 1. The summed E-state index contributed by atoms with van der Waals surface area (Å²) in [6, 6.07) is 12.0. The molecule has 1 fully saturated rings. The fourth-order valence-corrected chi connectivity index (χ4v) is 4.33. The normalized spacial score (nSPS) is 17.6. The maximum Gasteiger partial charge on any atom is 0.272 e. The van der Waals surface area contributed by atoms with Gasteiger partial charge in [-0.25, -0.2) is 4.98 Å². The minimum Gasteiger partial charge on any atom is -0.335 e. The smallest absolute Gasteiger partial charge is 0.272 e. The predicted molar refractivity (Wildman–Crippen MR) is 104 cm³/mol. The Kier molecular flexibility index (Phi) is 6.02. The molecule has 1 aromatic heterocycles. The van der Waals surface area contributed by atoms with Gasteiger partial charge in [0, 0.05) is 23.2 Å². The molecular weight excluding hydrogens is 352 g/mol. The van der Waals surface area contributed by atoms with Crippen LogP contribution in [0.2, 0.25) is 5.02 Å². The number of benzene rings is 1. The fourth-order valence-electron chi connectivity index (χ4n) is 3.11. The summed E-state index contributed by atoms with van der Waals surface area (Å²) in [5, 5.41) is 0.793. The molecule has 0 radical (unpaired) electrons. The van der Waals surface area contributed by atoms with Crippen LogP contribution in [-0.4, -0.2) is 28.4 Å². The summed E-state index contributed by atoms with van der Waals surface area (Å²) in [5.41, 5.74) is 2.52. The van der Waals surface area contributed by atoms with Gasteiger partial charge < -0.3 is 4.90 Å². The van der Waals surface area contributed by atoms with Crippen molar-refractivity contribution in [1.29, 1.82) is 0 Å². The fraction of sp³-hybridized carbons (Fsp3) is 0.400. The van der Waals surface area contributed by atoms with Gasteiger partial charge in [0.25, 0.3) is 5.91 Å². The molecule has 3 nitrogen and oxygen atoms in total. The number of hydrogen-bond acceptors (Lipinski definition) is 3. The Bertz CT molecular complexity index is 765. The minimum absolute atomic E-state index is 0.0487. The third-order valence-electron chi connectivity index (χ3n) is 4.62. The van der Waals surface area contributed by atoms with Gasteiger partial charge in [-0.15, -0.1) is 11.8 Å². The van der Waals surface area contributed by atoms with Crippen LogP contribution < -0.4 is 0 Å². The zero-order chi connectivity index (χ0) is 17.8. The van der Waals surface area contributed by atoms with Crippen molar-refractivity contribution < 1.29 is 4.79 Å². The van der Waals surface area contributed by atoms with E-state index in [9.17, 15) is 4.79 Å². The highest BCUT2D eigenvalue weighted by atomic mass is 35.5. The van der Waals surface area contributed by atoms with Crippen LogP contribution in [0.3, 0.4) is 0 Å². The summed E-state index contributed by atoms with van der Waals surface area (Å²) in [6.45, 7) is 4.96. The highest BCUT2D eigenvalue weighted by Gasteiger charge is 2.25. The Hall–Kier alpha value is -1.52. The van der Waals surface area contributed by atoms with Crippen molar-refractivity contribution >= 4 is 29.3 Å². The number of aryl methyl sites for hydroxylation is 1. The summed E-state index contributed by atoms with van der Waals surface area (Å²) in [5.74, 6) is 0.743. The molecular formula is C20H23ClN2OS. The van der Waals surface area contributed by atoms with Crippen LogP contribution in [0.15, 0.2) is 41.3 Å². The first-order chi connectivity index (χ1) is 12.1. The van der Waals surface area contributed by atoms with Crippen molar-refractivity contribution in [2.24, 2.45) is 0 Å². The lowest BCUT2D eigenvalue weighted by Gasteiger charge is -2.33. The van der Waals surface area contributed by atoms with Crippen LogP contribution in [0, 0.1) is 6.92 Å². The van der Waals surface area contributed by atoms with Gasteiger partial charge in [0.05, 0.1) is 10.7 Å². The highest BCUT2D eigenvalue weighted by molar-refractivity contribution is 7.98. The summed E-state index contributed by atoms with van der Waals surface area (Å²) in [6.07, 6.45) is 3.36. The van der Waals surface area contributed by atoms with E-state index < -0.39 is 0 Å². The van der Waals surface area contributed by atoms with Crippen molar-refractivity contribution in [3.8, 4) is 0 Å². The summed E-state index contributed by atoms with van der Waals surface area (Å²) < 4.78 is 0. The zero-order valence-corrected chi connectivity index (χ0v) is 16.2. The Morgan fingerprint density at radius 2 is 2.08 bits per heavy atom. The van der Waals surface area contributed by atoms with Gasteiger partial charge in [0.15, 0.2) is 0 Å². The molecule has 0 saturated carbocycles. The van der Waals surface area contributed by atoms with E-state index >= 15 is 0 Å². The average molecular weight is 375 g/mol. The van der Waals surface area contributed by atoms with Gasteiger partial charge >= 0.3 is 0 Å². The summed E-state index contributed by atoms with van der Waals surface area (Å²) in [7, 11) is 0.